The van der Waals surface area contributed by atoms with Crippen LogP contribution in [0.3, 0.4) is 0 Å². The summed E-state index contributed by atoms with van der Waals surface area (Å²) in [5.74, 6) is 1.73. The summed E-state index contributed by atoms with van der Waals surface area (Å²) in [6, 6.07) is 3.83. The molecule has 1 aliphatic heterocycles. The lowest BCUT2D eigenvalue weighted by molar-refractivity contribution is 0.478. The Morgan fingerprint density at radius 3 is 2.96 bits per heavy atom. The first-order valence-electron chi connectivity index (χ1n) is 9.11. The molecule has 2 N–H and O–H groups in total. The molecule has 1 atom stereocenters. The first-order valence-corrected chi connectivity index (χ1v) is 10.7. The number of hydrogen-bond acceptors (Lipinski definition) is 4. The molecule has 1 aromatic heterocycles. The third kappa shape index (κ3) is 6.04. The highest BCUT2D eigenvalue weighted by Crippen LogP contribution is 2.16. The number of hydrogen-bond donors (Lipinski definition) is 2. The van der Waals surface area contributed by atoms with Gasteiger partial charge >= 0.3 is 0 Å². The van der Waals surface area contributed by atoms with E-state index in [1.165, 1.54) is 0 Å². The summed E-state index contributed by atoms with van der Waals surface area (Å²) in [4.78, 5) is 6.72. The fourth-order valence-corrected chi connectivity index (χ4v) is 4.29. The second-order valence-corrected chi connectivity index (χ2v) is 8.26. The van der Waals surface area contributed by atoms with Crippen LogP contribution in [0.4, 0.5) is 0 Å². The third-order valence-corrected chi connectivity index (χ3v) is 6.19. The molecule has 0 spiro atoms. The predicted octanol–water partition coefficient (Wildman–Crippen LogP) is 1.58. The smallest absolute Gasteiger partial charge is 0.216 e. The van der Waals surface area contributed by atoms with Gasteiger partial charge in [0.05, 0.1) is 11.5 Å². The molecule has 1 saturated heterocycles. The van der Waals surface area contributed by atoms with Gasteiger partial charge in [0.1, 0.15) is 5.76 Å². The molecular weight excluding hydrogens is 340 g/mol. The van der Waals surface area contributed by atoms with Crippen molar-refractivity contribution >= 4 is 16.0 Å². The Hall–Kier alpha value is -1.54. The molecule has 0 saturated carbocycles. The molecule has 8 heteroatoms. The Bertz CT molecular complexity index is 628. The number of unbranched alkanes of at least 4 members (excludes halogenated alkanes) is 1. The van der Waals surface area contributed by atoms with E-state index in [0.29, 0.717) is 32.6 Å². The maximum absolute atomic E-state index is 12.2. The topological polar surface area (TPSA) is 86.9 Å². The number of rotatable bonds is 9. The van der Waals surface area contributed by atoms with E-state index in [-0.39, 0.29) is 5.25 Å². The van der Waals surface area contributed by atoms with Crippen LogP contribution in [0.15, 0.2) is 27.8 Å². The van der Waals surface area contributed by atoms with Crippen molar-refractivity contribution in [2.45, 2.75) is 44.8 Å². The van der Waals surface area contributed by atoms with E-state index >= 15 is 0 Å². The van der Waals surface area contributed by atoms with Crippen molar-refractivity contribution in [2.75, 3.05) is 32.7 Å². The average molecular weight is 371 g/mol. The number of furan rings is 1. The Morgan fingerprint density at radius 2 is 2.28 bits per heavy atom. The minimum Gasteiger partial charge on any atom is -0.469 e. The van der Waals surface area contributed by atoms with Crippen molar-refractivity contribution < 1.29 is 12.8 Å². The SMILES string of the molecule is CCCCN=C(NCCc1ccco1)N1CCC(S(=O)(=O)NCC)C1. The number of nitrogens with zero attached hydrogens (tertiary/aromatic N) is 2. The number of likely N-dealkylation sites (tertiary alicyclic amines) is 1. The van der Waals surface area contributed by atoms with Gasteiger partial charge in [0, 0.05) is 39.1 Å². The lowest BCUT2D eigenvalue weighted by Gasteiger charge is -2.22. The highest BCUT2D eigenvalue weighted by molar-refractivity contribution is 7.90. The molecule has 25 heavy (non-hydrogen) atoms. The molecule has 1 aliphatic rings. The van der Waals surface area contributed by atoms with Crippen LogP contribution in [0.25, 0.3) is 0 Å². The van der Waals surface area contributed by atoms with Gasteiger partial charge in [0.15, 0.2) is 5.96 Å². The normalized spacial score (nSPS) is 18.7. The summed E-state index contributed by atoms with van der Waals surface area (Å²) < 4.78 is 32.4. The predicted molar refractivity (Wildman–Crippen MR) is 100 cm³/mol. The zero-order valence-electron chi connectivity index (χ0n) is 15.2. The highest BCUT2D eigenvalue weighted by Gasteiger charge is 2.33. The maximum Gasteiger partial charge on any atom is 0.216 e. The van der Waals surface area contributed by atoms with E-state index in [0.717, 1.165) is 37.5 Å². The first-order chi connectivity index (χ1) is 12.1. The largest absolute Gasteiger partial charge is 0.469 e. The molecule has 0 radical (unpaired) electrons. The molecule has 0 amide bonds. The second-order valence-electron chi connectivity index (χ2n) is 6.21. The van der Waals surface area contributed by atoms with Crippen molar-refractivity contribution in [3.63, 3.8) is 0 Å². The van der Waals surface area contributed by atoms with Crippen molar-refractivity contribution in [1.82, 2.24) is 14.9 Å². The molecule has 0 aromatic carbocycles. The van der Waals surface area contributed by atoms with Gasteiger partial charge < -0.3 is 14.6 Å². The van der Waals surface area contributed by atoms with Gasteiger partial charge in [-0.3, -0.25) is 4.99 Å². The molecule has 1 unspecified atom stereocenters. The van der Waals surface area contributed by atoms with Crippen LogP contribution in [0.5, 0.6) is 0 Å². The number of nitrogens with one attached hydrogen (secondary N) is 2. The molecule has 142 valence electrons. The lowest BCUT2D eigenvalue weighted by Crippen LogP contribution is -2.43. The fourth-order valence-electron chi connectivity index (χ4n) is 2.86. The average Bonchev–Trinajstić information content (AvgIpc) is 3.25. The van der Waals surface area contributed by atoms with E-state index in [1.54, 1.807) is 13.2 Å². The number of aliphatic imine (C=N–C) groups is 1. The molecule has 7 nitrogen and oxygen atoms in total. The summed E-state index contributed by atoms with van der Waals surface area (Å²) in [6.07, 6.45) is 5.17. The summed E-state index contributed by atoms with van der Waals surface area (Å²) in [5.41, 5.74) is 0. The van der Waals surface area contributed by atoms with Gasteiger partial charge in [-0.25, -0.2) is 13.1 Å². The number of sulfonamides is 1. The molecule has 1 fully saturated rings. The van der Waals surface area contributed by atoms with Crippen LogP contribution in [-0.2, 0) is 16.4 Å². The van der Waals surface area contributed by atoms with Crippen LogP contribution in [0, 0.1) is 0 Å². The Balaban J connectivity index is 1.94. The van der Waals surface area contributed by atoms with Crippen molar-refractivity contribution in [3.05, 3.63) is 24.2 Å². The van der Waals surface area contributed by atoms with Gasteiger partial charge in [-0.1, -0.05) is 20.3 Å². The summed E-state index contributed by atoms with van der Waals surface area (Å²) >= 11 is 0. The summed E-state index contributed by atoms with van der Waals surface area (Å²) in [6.45, 7) is 7.01. The van der Waals surface area contributed by atoms with Crippen LogP contribution in [0.2, 0.25) is 0 Å². The Kier molecular flexibility index (Phi) is 7.77. The molecule has 1 aromatic rings. The molecule has 0 bridgehead atoms. The van der Waals surface area contributed by atoms with Crippen molar-refractivity contribution in [1.29, 1.82) is 0 Å². The molecule has 2 rings (SSSR count). The van der Waals surface area contributed by atoms with Crippen LogP contribution >= 0.6 is 0 Å². The van der Waals surface area contributed by atoms with Crippen LogP contribution in [-0.4, -0.2) is 57.3 Å². The van der Waals surface area contributed by atoms with Gasteiger partial charge in [0.25, 0.3) is 0 Å². The van der Waals surface area contributed by atoms with Gasteiger partial charge in [-0.2, -0.15) is 0 Å². The lowest BCUT2D eigenvalue weighted by atomic mass is 10.3. The summed E-state index contributed by atoms with van der Waals surface area (Å²) in [5, 5.41) is 2.98. The zero-order valence-corrected chi connectivity index (χ0v) is 16.0. The zero-order chi connectivity index (χ0) is 18.1. The fraction of sp³-hybridized carbons (Fsp3) is 0.706. The quantitative estimate of drug-likeness (QED) is 0.391. The number of guanidine groups is 1. The van der Waals surface area contributed by atoms with Gasteiger partial charge in [0.2, 0.25) is 10.0 Å². The van der Waals surface area contributed by atoms with E-state index < -0.39 is 10.0 Å². The second kappa shape index (κ2) is 9.82. The van der Waals surface area contributed by atoms with E-state index in [9.17, 15) is 8.42 Å². The maximum atomic E-state index is 12.2. The summed E-state index contributed by atoms with van der Waals surface area (Å²) in [7, 11) is -3.25. The molecule has 0 aliphatic carbocycles. The third-order valence-electron chi connectivity index (χ3n) is 4.24. The van der Waals surface area contributed by atoms with Gasteiger partial charge in [-0.05, 0) is 25.0 Å². The van der Waals surface area contributed by atoms with E-state index in [2.05, 4.69) is 26.9 Å². The standard InChI is InChI=1S/C17H30N4O3S/c1-3-5-10-18-17(19-11-8-15-7-6-13-24-15)21-12-9-16(14-21)25(22,23)20-4-2/h6-7,13,16,20H,3-5,8-12,14H2,1-2H3,(H,18,19). The monoisotopic (exact) mass is 370 g/mol. The first kappa shape index (κ1) is 19.8. The van der Waals surface area contributed by atoms with E-state index in [4.69, 9.17) is 4.42 Å². The van der Waals surface area contributed by atoms with Gasteiger partial charge in [-0.15, -0.1) is 0 Å². The van der Waals surface area contributed by atoms with Crippen molar-refractivity contribution in [3.8, 4) is 0 Å². The van der Waals surface area contributed by atoms with Crippen molar-refractivity contribution in [2.24, 2.45) is 4.99 Å². The molecular formula is C17H30N4O3S. The minimum absolute atomic E-state index is 0.379. The van der Waals surface area contributed by atoms with Crippen LogP contribution < -0.4 is 10.0 Å². The Labute approximate surface area is 150 Å². The Morgan fingerprint density at radius 1 is 1.44 bits per heavy atom. The van der Waals surface area contributed by atoms with E-state index in [1.807, 2.05) is 12.1 Å². The minimum atomic E-state index is -3.25. The van der Waals surface area contributed by atoms with Crippen LogP contribution in [0.1, 0.15) is 38.9 Å². The highest BCUT2D eigenvalue weighted by atomic mass is 32.2. The molecule has 2 heterocycles.